The number of aromatic nitrogens is 1. The lowest BCUT2D eigenvalue weighted by Gasteiger charge is -2.39. The molecule has 226 valence electrons. The van der Waals surface area contributed by atoms with Crippen molar-refractivity contribution < 1.29 is 53.4 Å². The van der Waals surface area contributed by atoms with Crippen molar-refractivity contribution in [1.29, 1.82) is 0 Å². The molecule has 1 aliphatic carbocycles. The molecule has 1 saturated carbocycles. The van der Waals surface area contributed by atoms with Crippen molar-refractivity contribution >= 4 is 23.6 Å². The zero-order chi connectivity index (χ0) is 30.6. The number of pyridine rings is 1. The van der Waals surface area contributed by atoms with E-state index in [1.807, 2.05) is 19.1 Å². The third-order valence-electron chi connectivity index (χ3n) is 7.43. The van der Waals surface area contributed by atoms with Gasteiger partial charge < -0.3 is 39.0 Å². The molecule has 13 nitrogen and oxygen atoms in total. The quantitative estimate of drug-likeness (QED) is 0.310. The van der Waals surface area contributed by atoms with E-state index >= 15 is 0 Å². The molecular weight excluding hydrogens is 552 g/mol. The number of fused-ring (bicyclic) bond motifs is 3. The Labute approximate surface area is 242 Å². The fraction of sp³-hybridized carbons (Fsp3) is 0.483. The molecule has 2 aliphatic rings. The van der Waals surface area contributed by atoms with Gasteiger partial charge in [-0.05, 0) is 49.9 Å². The fourth-order valence-corrected chi connectivity index (χ4v) is 5.48. The standard InChI is InChI=1S/C29H34N2O11/c1-5-41-22-10-17-18-9-16(42-25(34)13-29(37,28(35)36)12-24(32)33)6-7-20(18)31-26(19(17)11-21(22)38-2)15-8-23(39-3)27(40-4)30-14-15/h8,10-11,14,16,18,20,37H,5-7,9,12-13H2,1-4H3,(H,32,33)(H,35,36)/t16-,18-,20-,29?/m1/s1. The van der Waals surface area contributed by atoms with Crippen LogP contribution < -0.4 is 18.9 Å². The van der Waals surface area contributed by atoms with Gasteiger partial charge in [0.05, 0.1) is 52.5 Å². The van der Waals surface area contributed by atoms with Gasteiger partial charge in [-0.2, -0.15) is 0 Å². The molecule has 1 aromatic heterocycles. The van der Waals surface area contributed by atoms with Crippen LogP contribution in [-0.4, -0.2) is 89.6 Å². The predicted molar refractivity (Wildman–Crippen MR) is 147 cm³/mol. The number of esters is 1. The van der Waals surface area contributed by atoms with Crippen LogP contribution in [0.2, 0.25) is 0 Å². The highest BCUT2D eigenvalue weighted by Crippen LogP contribution is 2.46. The number of carboxylic acids is 2. The normalized spacial score (nSPS) is 20.6. The van der Waals surface area contributed by atoms with E-state index in [-0.39, 0.29) is 12.0 Å². The molecule has 0 radical (unpaired) electrons. The van der Waals surface area contributed by atoms with E-state index < -0.39 is 42.5 Å². The number of methoxy groups -OCH3 is 3. The molecular formula is C29H34N2O11. The summed E-state index contributed by atoms with van der Waals surface area (Å²) in [5.41, 5.74) is 0.291. The number of aliphatic carboxylic acids is 2. The highest BCUT2D eigenvalue weighted by molar-refractivity contribution is 6.15. The van der Waals surface area contributed by atoms with E-state index in [0.29, 0.717) is 60.3 Å². The molecule has 1 aliphatic heterocycles. The van der Waals surface area contributed by atoms with Crippen LogP contribution >= 0.6 is 0 Å². The van der Waals surface area contributed by atoms with Crippen molar-refractivity contribution in [2.75, 3.05) is 27.9 Å². The second-order valence-corrected chi connectivity index (χ2v) is 10.1. The molecule has 0 saturated heterocycles. The number of carbonyl (C=O) groups excluding carboxylic acids is 1. The first-order chi connectivity index (χ1) is 20.0. The molecule has 4 rings (SSSR count). The van der Waals surface area contributed by atoms with Gasteiger partial charge in [0.15, 0.2) is 22.8 Å². The smallest absolute Gasteiger partial charge is 0.336 e. The molecule has 1 unspecified atom stereocenters. The maximum atomic E-state index is 12.7. The summed E-state index contributed by atoms with van der Waals surface area (Å²) in [6.07, 6.45) is 0.268. The number of carboxylic acid groups (broad SMARTS) is 2. The van der Waals surface area contributed by atoms with E-state index in [1.54, 1.807) is 19.4 Å². The first-order valence-corrected chi connectivity index (χ1v) is 13.4. The molecule has 4 atom stereocenters. The number of carbonyl (C=O) groups is 3. The Hall–Kier alpha value is -4.39. The summed E-state index contributed by atoms with van der Waals surface area (Å²) in [6.45, 7) is 2.27. The minimum Gasteiger partial charge on any atom is -0.493 e. The second kappa shape index (κ2) is 12.6. The maximum absolute atomic E-state index is 12.7. The molecule has 42 heavy (non-hydrogen) atoms. The SMILES string of the molecule is CCOc1cc2c(cc1OC)C(c1cnc(OC)c(OC)c1)=N[C@@H]1CC[C@@H](OC(=O)CC(O)(CC(=O)O)C(=O)O)C[C@H]21. The highest BCUT2D eigenvalue weighted by Gasteiger charge is 2.43. The molecule has 0 amide bonds. The van der Waals surface area contributed by atoms with Gasteiger partial charge in [-0.1, -0.05) is 0 Å². The fourth-order valence-electron chi connectivity index (χ4n) is 5.48. The van der Waals surface area contributed by atoms with E-state index in [4.69, 9.17) is 33.8 Å². The van der Waals surface area contributed by atoms with E-state index in [2.05, 4.69) is 4.98 Å². The lowest BCUT2D eigenvalue weighted by molar-refractivity contribution is -0.174. The van der Waals surface area contributed by atoms with E-state index in [1.165, 1.54) is 14.2 Å². The van der Waals surface area contributed by atoms with Crippen LogP contribution in [0.1, 0.15) is 61.6 Å². The molecule has 13 heteroatoms. The Morgan fingerprint density at radius 3 is 2.33 bits per heavy atom. The predicted octanol–water partition coefficient (Wildman–Crippen LogP) is 2.59. The lowest BCUT2D eigenvalue weighted by Crippen LogP contribution is -2.44. The van der Waals surface area contributed by atoms with Crippen LogP contribution in [0.4, 0.5) is 0 Å². The number of ether oxygens (including phenoxy) is 5. The van der Waals surface area contributed by atoms with Gasteiger partial charge in [-0.25, -0.2) is 9.78 Å². The summed E-state index contributed by atoms with van der Waals surface area (Å²) >= 11 is 0. The summed E-state index contributed by atoms with van der Waals surface area (Å²) < 4.78 is 27.8. The Morgan fingerprint density at radius 2 is 1.71 bits per heavy atom. The summed E-state index contributed by atoms with van der Waals surface area (Å²) in [6, 6.07) is 5.37. The monoisotopic (exact) mass is 586 g/mol. The molecule has 0 spiro atoms. The number of aliphatic hydroxyl groups is 1. The van der Waals surface area contributed by atoms with Crippen LogP contribution in [0.25, 0.3) is 0 Å². The van der Waals surface area contributed by atoms with Crippen molar-refractivity contribution in [2.45, 2.75) is 62.7 Å². The summed E-state index contributed by atoms with van der Waals surface area (Å²) in [5.74, 6) is -2.71. The third-order valence-corrected chi connectivity index (χ3v) is 7.43. The van der Waals surface area contributed by atoms with Gasteiger partial charge in [0, 0.05) is 23.2 Å². The topological polar surface area (TPSA) is 183 Å². The second-order valence-electron chi connectivity index (χ2n) is 10.1. The zero-order valence-corrected chi connectivity index (χ0v) is 23.8. The molecule has 2 aromatic rings. The summed E-state index contributed by atoms with van der Waals surface area (Å²) in [7, 11) is 4.57. The first-order valence-electron chi connectivity index (χ1n) is 13.4. The average molecular weight is 587 g/mol. The molecule has 3 N–H and O–H groups in total. The van der Waals surface area contributed by atoms with Gasteiger partial charge in [-0.15, -0.1) is 0 Å². The Balaban J connectivity index is 1.67. The van der Waals surface area contributed by atoms with Crippen LogP contribution in [-0.2, 0) is 19.1 Å². The van der Waals surface area contributed by atoms with Crippen LogP contribution in [0.15, 0.2) is 29.4 Å². The van der Waals surface area contributed by atoms with Crippen molar-refractivity contribution in [3.05, 3.63) is 41.1 Å². The molecule has 2 heterocycles. The van der Waals surface area contributed by atoms with Crippen LogP contribution in [0, 0.1) is 0 Å². The number of hydrogen-bond donors (Lipinski definition) is 3. The van der Waals surface area contributed by atoms with E-state index in [9.17, 15) is 24.6 Å². The summed E-state index contributed by atoms with van der Waals surface area (Å²) in [4.78, 5) is 44.7. The Morgan fingerprint density at radius 1 is 0.976 bits per heavy atom. The van der Waals surface area contributed by atoms with Gasteiger partial charge in [0.1, 0.15) is 6.10 Å². The largest absolute Gasteiger partial charge is 0.493 e. The average Bonchev–Trinajstić information content (AvgIpc) is 2.95. The van der Waals surface area contributed by atoms with Crippen LogP contribution in [0.3, 0.4) is 0 Å². The van der Waals surface area contributed by atoms with Crippen molar-refractivity contribution in [3.63, 3.8) is 0 Å². The maximum Gasteiger partial charge on any atom is 0.336 e. The number of aliphatic imine (C=N–C) groups is 1. The van der Waals surface area contributed by atoms with Gasteiger partial charge >= 0.3 is 17.9 Å². The Kier molecular flexibility index (Phi) is 9.20. The van der Waals surface area contributed by atoms with Crippen molar-refractivity contribution in [1.82, 2.24) is 4.98 Å². The highest BCUT2D eigenvalue weighted by atomic mass is 16.5. The van der Waals surface area contributed by atoms with Crippen LogP contribution in [0.5, 0.6) is 23.1 Å². The number of rotatable bonds is 12. The minimum absolute atomic E-state index is 0.179. The van der Waals surface area contributed by atoms with Gasteiger partial charge in [0.2, 0.25) is 0 Å². The lowest BCUT2D eigenvalue weighted by atomic mass is 9.74. The van der Waals surface area contributed by atoms with Crippen molar-refractivity contribution in [3.8, 4) is 23.1 Å². The minimum atomic E-state index is -2.77. The molecule has 1 aromatic carbocycles. The molecule has 1 fully saturated rings. The zero-order valence-electron chi connectivity index (χ0n) is 23.8. The number of benzene rings is 1. The van der Waals surface area contributed by atoms with E-state index in [0.717, 1.165) is 11.1 Å². The first kappa shape index (κ1) is 30.6. The molecule has 0 bridgehead atoms. The van der Waals surface area contributed by atoms with Gasteiger partial charge in [-0.3, -0.25) is 14.6 Å². The Bertz CT molecular complexity index is 1390. The number of hydrogen-bond acceptors (Lipinski definition) is 11. The van der Waals surface area contributed by atoms with Crippen molar-refractivity contribution in [2.24, 2.45) is 4.99 Å². The number of nitrogens with zero attached hydrogens (tertiary/aromatic N) is 2. The van der Waals surface area contributed by atoms with Gasteiger partial charge in [0.25, 0.3) is 5.88 Å². The summed E-state index contributed by atoms with van der Waals surface area (Å²) in [5, 5.41) is 28.6. The third kappa shape index (κ3) is 6.25.